The molecule has 2 fully saturated rings. The van der Waals surface area contributed by atoms with Gasteiger partial charge in [-0.05, 0) is 71.2 Å². The van der Waals surface area contributed by atoms with Gasteiger partial charge in [0.2, 0.25) is 0 Å². The van der Waals surface area contributed by atoms with E-state index in [1.807, 2.05) is 0 Å². The number of nitrogens with zero attached hydrogens (tertiary/aromatic N) is 2. The van der Waals surface area contributed by atoms with E-state index >= 15 is 0 Å². The second-order valence-corrected chi connectivity index (χ2v) is 6.22. The fourth-order valence-corrected chi connectivity index (χ4v) is 3.27. The van der Waals surface area contributed by atoms with Crippen molar-refractivity contribution in [2.45, 2.75) is 45.1 Å². The third-order valence-corrected chi connectivity index (χ3v) is 4.84. The number of nitrogens with one attached hydrogen (secondary N) is 1. The summed E-state index contributed by atoms with van der Waals surface area (Å²) in [5, 5.41) is 3.66. The van der Waals surface area contributed by atoms with Crippen molar-refractivity contribution in [2.24, 2.45) is 5.92 Å². The second kappa shape index (κ2) is 7.46. The van der Waals surface area contributed by atoms with Crippen molar-refractivity contribution in [2.75, 3.05) is 46.3 Å². The maximum atomic E-state index is 3.66. The summed E-state index contributed by atoms with van der Waals surface area (Å²) in [6.45, 7) is 9.99. The molecule has 0 aromatic carbocycles. The molecule has 3 heteroatoms. The Balaban J connectivity index is 1.64. The number of rotatable bonds is 4. The fraction of sp³-hybridized carbons (Fsp3) is 1.00. The normalized spacial score (nSPS) is 29.3. The predicted octanol–water partition coefficient (Wildman–Crippen LogP) is 1.79. The molecular formula is C15H31N3. The molecule has 18 heavy (non-hydrogen) atoms. The molecule has 0 bridgehead atoms. The van der Waals surface area contributed by atoms with Crippen LogP contribution in [0, 0.1) is 5.92 Å². The minimum atomic E-state index is 0.762. The van der Waals surface area contributed by atoms with Crippen molar-refractivity contribution in [1.82, 2.24) is 15.1 Å². The summed E-state index contributed by atoms with van der Waals surface area (Å²) in [6, 6.07) is 0.762. The molecule has 0 radical (unpaired) electrons. The molecule has 3 nitrogen and oxygen atoms in total. The molecule has 0 amide bonds. The molecule has 2 aliphatic heterocycles. The monoisotopic (exact) mass is 253 g/mol. The smallest absolute Gasteiger partial charge is 0.0107 e. The van der Waals surface area contributed by atoms with Gasteiger partial charge in [0.05, 0.1) is 0 Å². The average molecular weight is 253 g/mol. The average Bonchev–Trinajstić information content (AvgIpc) is 2.63. The number of likely N-dealkylation sites (tertiary alicyclic amines) is 1. The zero-order valence-corrected chi connectivity index (χ0v) is 12.3. The first-order valence-corrected chi connectivity index (χ1v) is 7.92. The number of hydrogen-bond acceptors (Lipinski definition) is 3. The van der Waals surface area contributed by atoms with Gasteiger partial charge in [0.25, 0.3) is 0 Å². The first-order valence-electron chi connectivity index (χ1n) is 7.92. The first kappa shape index (κ1) is 14.3. The van der Waals surface area contributed by atoms with Crippen molar-refractivity contribution < 1.29 is 0 Å². The van der Waals surface area contributed by atoms with E-state index < -0.39 is 0 Å². The Kier molecular flexibility index (Phi) is 5.93. The third kappa shape index (κ3) is 4.52. The lowest BCUT2D eigenvalue weighted by Crippen LogP contribution is -2.34. The maximum Gasteiger partial charge on any atom is 0.0107 e. The number of hydrogen-bond donors (Lipinski definition) is 1. The first-order chi connectivity index (χ1) is 8.78. The van der Waals surface area contributed by atoms with Crippen LogP contribution in [0.25, 0.3) is 0 Å². The molecule has 0 saturated carbocycles. The van der Waals surface area contributed by atoms with Crippen molar-refractivity contribution in [3.8, 4) is 0 Å². The molecular weight excluding hydrogens is 222 g/mol. The van der Waals surface area contributed by atoms with Crippen molar-refractivity contribution in [3.05, 3.63) is 0 Å². The summed E-state index contributed by atoms with van der Waals surface area (Å²) in [4.78, 5) is 5.15. The van der Waals surface area contributed by atoms with E-state index in [0.717, 1.165) is 12.0 Å². The highest BCUT2D eigenvalue weighted by Gasteiger charge is 2.19. The Morgan fingerprint density at radius 1 is 1.06 bits per heavy atom. The summed E-state index contributed by atoms with van der Waals surface area (Å²) in [7, 11) is 2.25. The van der Waals surface area contributed by atoms with Crippen LogP contribution in [0.4, 0.5) is 0 Å². The molecule has 0 aliphatic carbocycles. The van der Waals surface area contributed by atoms with Crippen LogP contribution in [-0.2, 0) is 0 Å². The minimum Gasteiger partial charge on any atom is -0.313 e. The molecule has 2 saturated heterocycles. The predicted molar refractivity (Wildman–Crippen MR) is 78.0 cm³/mol. The summed E-state index contributed by atoms with van der Waals surface area (Å²) in [6.07, 6.45) is 6.87. The van der Waals surface area contributed by atoms with Crippen molar-refractivity contribution >= 4 is 0 Å². The summed E-state index contributed by atoms with van der Waals surface area (Å²) >= 11 is 0. The van der Waals surface area contributed by atoms with Gasteiger partial charge in [0.15, 0.2) is 0 Å². The van der Waals surface area contributed by atoms with Crippen LogP contribution in [0.5, 0.6) is 0 Å². The van der Waals surface area contributed by atoms with E-state index in [1.54, 1.807) is 0 Å². The largest absolute Gasteiger partial charge is 0.313 e. The van der Waals surface area contributed by atoms with Crippen LogP contribution in [0.2, 0.25) is 0 Å². The lowest BCUT2D eigenvalue weighted by molar-refractivity contribution is 0.189. The standard InChI is InChI=1S/C15H31N3/c1-3-15-7-12-18(13-8-16-15)11-6-14-4-9-17(2)10-5-14/h14-16H,3-13H2,1-2H3. The lowest BCUT2D eigenvalue weighted by Gasteiger charge is -2.30. The summed E-state index contributed by atoms with van der Waals surface area (Å²) in [5.41, 5.74) is 0. The van der Waals surface area contributed by atoms with E-state index in [0.29, 0.717) is 0 Å². The van der Waals surface area contributed by atoms with Gasteiger partial charge < -0.3 is 15.1 Å². The van der Waals surface area contributed by atoms with E-state index in [-0.39, 0.29) is 0 Å². The van der Waals surface area contributed by atoms with Crippen LogP contribution in [0.3, 0.4) is 0 Å². The van der Waals surface area contributed by atoms with Gasteiger partial charge in [-0.3, -0.25) is 0 Å². The summed E-state index contributed by atoms with van der Waals surface area (Å²) < 4.78 is 0. The fourth-order valence-electron chi connectivity index (χ4n) is 3.27. The minimum absolute atomic E-state index is 0.762. The van der Waals surface area contributed by atoms with Gasteiger partial charge in [-0.15, -0.1) is 0 Å². The Hall–Kier alpha value is -0.120. The van der Waals surface area contributed by atoms with Gasteiger partial charge in [0, 0.05) is 19.1 Å². The van der Waals surface area contributed by atoms with Crippen molar-refractivity contribution in [3.63, 3.8) is 0 Å². The highest BCUT2D eigenvalue weighted by molar-refractivity contribution is 4.76. The van der Waals surface area contributed by atoms with Gasteiger partial charge in [-0.2, -0.15) is 0 Å². The Labute approximate surface area is 113 Å². The van der Waals surface area contributed by atoms with Crippen LogP contribution in [0.15, 0.2) is 0 Å². The Morgan fingerprint density at radius 3 is 2.56 bits per heavy atom. The molecule has 1 N–H and O–H groups in total. The number of piperidine rings is 1. The Morgan fingerprint density at radius 2 is 1.83 bits per heavy atom. The molecule has 0 aromatic heterocycles. The molecule has 0 spiro atoms. The van der Waals surface area contributed by atoms with E-state index in [1.165, 1.54) is 71.4 Å². The van der Waals surface area contributed by atoms with E-state index in [2.05, 4.69) is 29.1 Å². The molecule has 2 rings (SSSR count). The lowest BCUT2D eigenvalue weighted by atomic mass is 9.93. The van der Waals surface area contributed by atoms with Crippen LogP contribution in [0.1, 0.15) is 39.0 Å². The quantitative estimate of drug-likeness (QED) is 0.824. The van der Waals surface area contributed by atoms with Gasteiger partial charge in [-0.25, -0.2) is 0 Å². The molecule has 2 aliphatic rings. The van der Waals surface area contributed by atoms with E-state index in [4.69, 9.17) is 0 Å². The molecule has 1 unspecified atom stereocenters. The molecule has 2 heterocycles. The SMILES string of the molecule is CCC1CCN(CCC2CCN(C)CC2)CCN1. The maximum absolute atomic E-state index is 3.66. The van der Waals surface area contributed by atoms with Crippen LogP contribution >= 0.6 is 0 Å². The van der Waals surface area contributed by atoms with Crippen molar-refractivity contribution in [1.29, 1.82) is 0 Å². The molecule has 106 valence electrons. The van der Waals surface area contributed by atoms with Crippen LogP contribution in [-0.4, -0.2) is 62.2 Å². The van der Waals surface area contributed by atoms with Crippen LogP contribution < -0.4 is 5.32 Å². The zero-order valence-electron chi connectivity index (χ0n) is 12.3. The zero-order chi connectivity index (χ0) is 12.8. The van der Waals surface area contributed by atoms with Gasteiger partial charge in [-0.1, -0.05) is 6.92 Å². The summed E-state index contributed by atoms with van der Waals surface area (Å²) in [5.74, 6) is 0.986. The second-order valence-electron chi connectivity index (χ2n) is 6.22. The highest BCUT2D eigenvalue weighted by atomic mass is 15.2. The molecule has 1 atom stereocenters. The highest BCUT2D eigenvalue weighted by Crippen LogP contribution is 2.20. The van der Waals surface area contributed by atoms with Gasteiger partial charge >= 0.3 is 0 Å². The van der Waals surface area contributed by atoms with E-state index in [9.17, 15) is 0 Å². The molecule has 0 aromatic rings. The van der Waals surface area contributed by atoms with Gasteiger partial charge in [0.1, 0.15) is 0 Å². The topological polar surface area (TPSA) is 18.5 Å². The third-order valence-electron chi connectivity index (χ3n) is 4.84. The Bertz CT molecular complexity index is 224.